The molecule has 45 heavy (non-hydrogen) atoms. The fourth-order valence-electron chi connectivity index (χ4n) is 7.20. The van der Waals surface area contributed by atoms with Crippen molar-refractivity contribution in [2.45, 2.75) is 70.8 Å². The zero-order valence-corrected chi connectivity index (χ0v) is 25.5. The third kappa shape index (κ3) is 6.27. The lowest BCUT2D eigenvalue weighted by atomic mass is 9.83. The van der Waals surface area contributed by atoms with E-state index in [0.29, 0.717) is 49.2 Å². The minimum Gasteiger partial charge on any atom is -0.331 e. The SMILES string of the molecule is CC1=CCc2ccc(NC(=O)[C@H]3CCCN(C(=O)c4c(C)cccc4F)[C@H]3c3ccc(CN4CCC[C@@H]4C(F)(F)F)cc3)cc21. The van der Waals surface area contributed by atoms with Crippen LogP contribution in [0.1, 0.15) is 76.8 Å². The summed E-state index contributed by atoms with van der Waals surface area (Å²) in [6, 6.07) is 15.4. The number of aryl methyl sites for hydroxylation is 1. The molecular formula is C36H37F4N3O2. The fraction of sp³-hybridized carbons (Fsp3) is 0.389. The highest BCUT2D eigenvalue weighted by molar-refractivity contribution is 5.98. The van der Waals surface area contributed by atoms with E-state index in [1.165, 1.54) is 16.5 Å². The van der Waals surface area contributed by atoms with E-state index in [1.807, 2.05) is 25.1 Å². The first-order valence-electron chi connectivity index (χ1n) is 15.6. The van der Waals surface area contributed by atoms with Crippen LogP contribution in [0.3, 0.4) is 0 Å². The second-order valence-electron chi connectivity index (χ2n) is 12.5. The lowest BCUT2D eigenvalue weighted by Crippen LogP contribution is -2.46. The lowest BCUT2D eigenvalue weighted by molar-refractivity contribution is -0.177. The fourth-order valence-corrected chi connectivity index (χ4v) is 7.20. The maximum Gasteiger partial charge on any atom is 0.404 e. The van der Waals surface area contributed by atoms with Crippen molar-refractivity contribution in [3.05, 3.63) is 106 Å². The maximum absolute atomic E-state index is 15.0. The number of halogens is 4. The van der Waals surface area contributed by atoms with Gasteiger partial charge in [-0.25, -0.2) is 4.39 Å². The normalized spacial score (nSPS) is 21.9. The van der Waals surface area contributed by atoms with Gasteiger partial charge in [-0.3, -0.25) is 14.5 Å². The number of alkyl halides is 3. The Morgan fingerprint density at radius 2 is 1.71 bits per heavy atom. The highest BCUT2D eigenvalue weighted by atomic mass is 19.4. The van der Waals surface area contributed by atoms with E-state index < -0.39 is 35.9 Å². The molecule has 1 aliphatic carbocycles. The van der Waals surface area contributed by atoms with E-state index in [9.17, 15) is 22.8 Å². The van der Waals surface area contributed by atoms with Gasteiger partial charge in [0.1, 0.15) is 11.9 Å². The van der Waals surface area contributed by atoms with Gasteiger partial charge in [-0.1, -0.05) is 48.5 Å². The van der Waals surface area contributed by atoms with E-state index in [0.717, 1.165) is 23.1 Å². The summed E-state index contributed by atoms with van der Waals surface area (Å²) in [4.78, 5) is 31.0. The van der Waals surface area contributed by atoms with Crippen LogP contribution in [0.4, 0.5) is 23.2 Å². The van der Waals surface area contributed by atoms with Gasteiger partial charge in [-0.05, 0) is 104 Å². The number of anilines is 1. The second kappa shape index (κ2) is 12.4. The van der Waals surface area contributed by atoms with Gasteiger partial charge in [0.2, 0.25) is 5.91 Å². The van der Waals surface area contributed by atoms with Gasteiger partial charge in [0.05, 0.1) is 17.5 Å². The van der Waals surface area contributed by atoms with Crippen LogP contribution < -0.4 is 5.32 Å². The molecule has 3 atom stereocenters. The van der Waals surface area contributed by atoms with Crippen molar-refractivity contribution in [1.82, 2.24) is 9.80 Å². The van der Waals surface area contributed by atoms with Crippen LogP contribution in [0.25, 0.3) is 5.57 Å². The number of piperidine rings is 1. The van der Waals surface area contributed by atoms with Gasteiger partial charge < -0.3 is 10.2 Å². The van der Waals surface area contributed by atoms with Crippen LogP contribution in [0.15, 0.2) is 66.7 Å². The molecule has 2 aliphatic heterocycles. The molecule has 3 aromatic rings. The molecule has 2 saturated heterocycles. The topological polar surface area (TPSA) is 52.7 Å². The summed E-state index contributed by atoms with van der Waals surface area (Å²) in [6.07, 6.45) is 0.393. The van der Waals surface area contributed by atoms with Crippen molar-refractivity contribution in [3.63, 3.8) is 0 Å². The molecule has 2 fully saturated rings. The summed E-state index contributed by atoms with van der Waals surface area (Å²) in [5.41, 5.74) is 6.01. The second-order valence-corrected chi connectivity index (χ2v) is 12.5. The minimum absolute atomic E-state index is 0.0201. The van der Waals surface area contributed by atoms with Crippen molar-refractivity contribution < 1.29 is 27.2 Å². The van der Waals surface area contributed by atoms with E-state index in [2.05, 4.69) is 11.4 Å². The van der Waals surface area contributed by atoms with Gasteiger partial charge in [0.25, 0.3) is 5.91 Å². The number of carbonyl (C=O) groups is 2. The van der Waals surface area contributed by atoms with E-state index in [-0.39, 0.29) is 24.4 Å². The molecule has 1 N–H and O–H groups in total. The van der Waals surface area contributed by atoms with Crippen LogP contribution in [0.2, 0.25) is 0 Å². The molecule has 9 heteroatoms. The third-order valence-corrected chi connectivity index (χ3v) is 9.54. The monoisotopic (exact) mass is 619 g/mol. The number of nitrogens with zero attached hydrogens (tertiary/aromatic N) is 2. The molecule has 5 nitrogen and oxygen atoms in total. The summed E-state index contributed by atoms with van der Waals surface area (Å²) in [5, 5.41) is 3.07. The highest BCUT2D eigenvalue weighted by Gasteiger charge is 2.46. The quantitative estimate of drug-likeness (QED) is 0.286. The van der Waals surface area contributed by atoms with E-state index in [1.54, 1.807) is 48.2 Å². The molecule has 236 valence electrons. The number of amides is 2. The van der Waals surface area contributed by atoms with Crippen LogP contribution in [0.5, 0.6) is 0 Å². The Hall–Kier alpha value is -3.98. The molecular weight excluding hydrogens is 582 g/mol. The molecule has 0 aromatic heterocycles. The van der Waals surface area contributed by atoms with Crippen LogP contribution in [0, 0.1) is 18.7 Å². The number of benzene rings is 3. The first-order valence-corrected chi connectivity index (χ1v) is 15.6. The van der Waals surface area contributed by atoms with Crippen LogP contribution in [-0.2, 0) is 17.8 Å². The number of allylic oxidation sites excluding steroid dienone is 2. The summed E-state index contributed by atoms with van der Waals surface area (Å²) < 4.78 is 55.7. The summed E-state index contributed by atoms with van der Waals surface area (Å²) in [7, 11) is 0. The number of likely N-dealkylation sites (tertiary alicyclic amines) is 2. The zero-order valence-electron chi connectivity index (χ0n) is 25.5. The third-order valence-electron chi connectivity index (χ3n) is 9.54. The highest BCUT2D eigenvalue weighted by Crippen LogP contribution is 2.40. The van der Waals surface area contributed by atoms with Gasteiger partial charge in [-0.15, -0.1) is 0 Å². The largest absolute Gasteiger partial charge is 0.404 e. The summed E-state index contributed by atoms with van der Waals surface area (Å²) in [5.74, 6) is -1.97. The van der Waals surface area contributed by atoms with Crippen molar-refractivity contribution in [2.75, 3.05) is 18.4 Å². The Kier molecular flexibility index (Phi) is 8.57. The van der Waals surface area contributed by atoms with Gasteiger partial charge in [0, 0.05) is 18.8 Å². The lowest BCUT2D eigenvalue weighted by Gasteiger charge is -2.41. The Morgan fingerprint density at radius 1 is 0.956 bits per heavy atom. The molecule has 6 rings (SSSR count). The number of carbonyl (C=O) groups excluding carboxylic acids is 2. The molecule has 2 amide bonds. The summed E-state index contributed by atoms with van der Waals surface area (Å²) >= 11 is 0. The van der Waals surface area contributed by atoms with Crippen LogP contribution in [-0.4, -0.2) is 46.9 Å². The Labute approximate surface area is 260 Å². The predicted octanol–water partition coefficient (Wildman–Crippen LogP) is 7.85. The molecule has 0 saturated carbocycles. The van der Waals surface area contributed by atoms with Crippen molar-refractivity contribution >= 4 is 23.1 Å². The number of rotatable bonds is 6. The van der Waals surface area contributed by atoms with Crippen molar-refractivity contribution in [1.29, 1.82) is 0 Å². The minimum atomic E-state index is -4.28. The zero-order chi connectivity index (χ0) is 31.9. The molecule has 3 aliphatic rings. The average molecular weight is 620 g/mol. The van der Waals surface area contributed by atoms with Crippen molar-refractivity contribution in [3.8, 4) is 0 Å². The molecule has 0 unspecified atom stereocenters. The predicted molar refractivity (Wildman–Crippen MR) is 166 cm³/mol. The number of fused-ring (bicyclic) bond motifs is 1. The van der Waals surface area contributed by atoms with Crippen molar-refractivity contribution in [2.24, 2.45) is 5.92 Å². The summed E-state index contributed by atoms with van der Waals surface area (Å²) in [6.45, 7) is 4.60. The number of nitrogens with one attached hydrogen (secondary N) is 1. The Morgan fingerprint density at radius 3 is 2.44 bits per heavy atom. The van der Waals surface area contributed by atoms with E-state index >= 15 is 4.39 Å². The van der Waals surface area contributed by atoms with E-state index in [4.69, 9.17) is 0 Å². The Bertz CT molecular complexity index is 1610. The first kappa shape index (κ1) is 31.0. The average Bonchev–Trinajstić information content (AvgIpc) is 3.63. The standard InChI is InChI=1S/C36H37F4N3O2/c1-22-10-13-25-16-17-27(20-29(22)25)41-34(44)28-7-4-19-43(35(45)32-23(2)6-3-8-30(32)37)33(28)26-14-11-24(12-15-26)21-42-18-5-9-31(42)36(38,39)40/h3,6,8,10-12,14-17,20,28,31,33H,4-5,7,9,13,18-19,21H2,1-2H3,(H,41,44)/t28-,31+,33-/m0/s1. The maximum atomic E-state index is 15.0. The molecule has 0 radical (unpaired) electrons. The number of hydrogen-bond donors (Lipinski definition) is 1. The van der Waals surface area contributed by atoms with Gasteiger partial charge >= 0.3 is 6.18 Å². The van der Waals surface area contributed by atoms with Crippen LogP contribution >= 0.6 is 0 Å². The number of hydrogen-bond acceptors (Lipinski definition) is 3. The molecule has 3 aromatic carbocycles. The molecule has 2 heterocycles. The molecule has 0 bridgehead atoms. The smallest absolute Gasteiger partial charge is 0.331 e. The molecule has 0 spiro atoms. The van der Waals surface area contributed by atoms with Gasteiger partial charge in [0.15, 0.2) is 0 Å². The Balaban J connectivity index is 1.31. The first-order chi connectivity index (χ1) is 21.5. The van der Waals surface area contributed by atoms with Gasteiger partial charge in [-0.2, -0.15) is 13.2 Å².